The van der Waals surface area contributed by atoms with Crippen LogP contribution in [0.1, 0.15) is 32.0 Å². The van der Waals surface area contributed by atoms with Crippen LogP contribution in [0.5, 0.6) is 0 Å². The van der Waals surface area contributed by atoms with Crippen molar-refractivity contribution in [3.05, 3.63) is 40.3 Å². The molecule has 0 fully saturated rings. The number of amides is 1. The third kappa shape index (κ3) is 5.99. The quantitative estimate of drug-likeness (QED) is 0.739. The molecule has 0 aliphatic heterocycles. The summed E-state index contributed by atoms with van der Waals surface area (Å²) in [6.07, 6.45) is 2.90. The summed E-state index contributed by atoms with van der Waals surface area (Å²) in [7, 11) is 0. The monoisotopic (exact) mass is 381 g/mol. The fourth-order valence-electron chi connectivity index (χ4n) is 1.80. The van der Waals surface area contributed by atoms with Crippen LogP contribution >= 0.6 is 15.9 Å². The van der Waals surface area contributed by atoms with Crippen molar-refractivity contribution in [3.63, 3.8) is 0 Å². The first-order valence-electron chi connectivity index (χ1n) is 7.17. The molecule has 0 aromatic carbocycles. The Morgan fingerprint density at radius 3 is 2.74 bits per heavy atom. The van der Waals surface area contributed by atoms with E-state index in [2.05, 4.69) is 41.7 Å². The smallest absolute Gasteiger partial charge is 0.413 e. The van der Waals surface area contributed by atoms with Crippen LogP contribution in [0.2, 0.25) is 0 Å². The number of carbonyl (C=O) groups is 1. The lowest BCUT2D eigenvalue weighted by Crippen LogP contribution is -2.27. The van der Waals surface area contributed by atoms with Gasteiger partial charge < -0.3 is 10.1 Å². The van der Waals surface area contributed by atoms with Gasteiger partial charge in [0, 0.05) is 29.3 Å². The van der Waals surface area contributed by atoms with Gasteiger partial charge in [-0.15, -0.1) is 0 Å². The summed E-state index contributed by atoms with van der Waals surface area (Å²) in [6, 6.07) is 3.88. The third-order valence-electron chi connectivity index (χ3n) is 2.75. The Morgan fingerprint density at radius 1 is 1.30 bits per heavy atom. The van der Waals surface area contributed by atoms with Crippen LogP contribution in [-0.4, -0.2) is 26.9 Å². The highest BCUT2D eigenvalue weighted by Crippen LogP contribution is 2.14. The second-order valence-electron chi connectivity index (χ2n) is 5.97. The summed E-state index contributed by atoms with van der Waals surface area (Å²) in [5, 5.41) is 12.6. The Bertz CT molecular complexity index is 649. The molecule has 0 aliphatic rings. The number of H-pyrrole nitrogens is 1. The van der Waals surface area contributed by atoms with E-state index in [0.29, 0.717) is 18.9 Å². The highest BCUT2D eigenvalue weighted by Gasteiger charge is 2.17. The molecule has 7 nitrogen and oxygen atoms in total. The zero-order valence-corrected chi connectivity index (χ0v) is 14.9. The molecule has 0 spiro atoms. The number of halogens is 1. The summed E-state index contributed by atoms with van der Waals surface area (Å²) in [5.41, 5.74) is 1.22. The maximum Gasteiger partial charge on any atom is 0.413 e. The van der Waals surface area contributed by atoms with Crippen LogP contribution in [0.4, 0.5) is 10.6 Å². The molecule has 2 aromatic rings. The molecule has 0 aliphatic carbocycles. The molecule has 0 saturated carbocycles. The molecular formula is C15H20BrN5O2. The van der Waals surface area contributed by atoms with E-state index in [1.165, 1.54) is 0 Å². The van der Waals surface area contributed by atoms with E-state index in [4.69, 9.17) is 4.74 Å². The van der Waals surface area contributed by atoms with Gasteiger partial charge in [0.05, 0.1) is 11.9 Å². The maximum absolute atomic E-state index is 11.8. The van der Waals surface area contributed by atoms with E-state index in [0.717, 1.165) is 15.7 Å². The highest BCUT2D eigenvalue weighted by molar-refractivity contribution is 9.10. The molecular weight excluding hydrogens is 362 g/mol. The van der Waals surface area contributed by atoms with Gasteiger partial charge in [0.2, 0.25) is 0 Å². The summed E-state index contributed by atoms with van der Waals surface area (Å²) in [5.74, 6) is 0.524. The molecule has 0 saturated heterocycles. The summed E-state index contributed by atoms with van der Waals surface area (Å²) in [6.45, 7) is 6.59. The number of rotatable bonds is 5. The van der Waals surface area contributed by atoms with Gasteiger partial charge in [0.15, 0.2) is 0 Å². The fourth-order valence-corrected chi connectivity index (χ4v) is 2.03. The number of anilines is 1. The predicted octanol–water partition coefficient (Wildman–Crippen LogP) is 3.20. The zero-order valence-electron chi connectivity index (χ0n) is 13.3. The van der Waals surface area contributed by atoms with E-state index in [1.807, 2.05) is 32.9 Å². The molecule has 3 N–H and O–H groups in total. The van der Waals surface area contributed by atoms with E-state index >= 15 is 0 Å². The van der Waals surface area contributed by atoms with Gasteiger partial charge in [-0.3, -0.25) is 15.4 Å². The maximum atomic E-state index is 11.8. The first-order chi connectivity index (χ1) is 10.8. The number of aromatic amines is 1. The van der Waals surface area contributed by atoms with Crippen LogP contribution < -0.4 is 10.6 Å². The Labute approximate surface area is 143 Å². The van der Waals surface area contributed by atoms with Crippen molar-refractivity contribution in [3.8, 4) is 0 Å². The Morgan fingerprint density at radius 2 is 2.09 bits per heavy atom. The molecule has 0 radical (unpaired) electrons. The van der Waals surface area contributed by atoms with E-state index < -0.39 is 11.7 Å². The van der Waals surface area contributed by atoms with Gasteiger partial charge in [0.1, 0.15) is 11.4 Å². The van der Waals surface area contributed by atoms with Crippen LogP contribution in [-0.2, 0) is 17.8 Å². The topological polar surface area (TPSA) is 91.9 Å². The molecule has 0 unspecified atom stereocenters. The van der Waals surface area contributed by atoms with Gasteiger partial charge in [0.25, 0.3) is 0 Å². The third-order valence-corrected chi connectivity index (χ3v) is 3.22. The summed E-state index contributed by atoms with van der Waals surface area (Å²) >= 11 is 3.35. The van der Waals surface area contributed by atoms with Gasteiger partial charge in [-0.1, -0.05) is 0 Å². The normalized spacial score (nSPS) is 11.3. The second kappa shape index (κ2) is 7.56. The highest BCUT2D eigenvalue weighted by atomic mass is 79.9. The zero-order chi connectivity index (χ0) is 16.9. The second-order valence-corrected chi connectivity index (χ2v) is 6.88. The van der Waals surface area contributed by atoms with Crippen molar-refractivity contribution in [1.82, 2.24) is 20.5 Å². The first kappa shape index (κ1) is 17.4. The number of nitrogens with zero attached hydrogens (tertiary/aromatic N) is 2. The van der Waals surface area contributed by atoms with Crippen molar-refractivity contribution in [2.24, 2.45) is 0 Å². The first-order valence-corrected chi connectivity index (χ1v) is 7.96. The van der Waals surface area contributed by atoms with Crippen molar-refractivity contribution in [1.29, 1.82) is 0 Å². The van der Waals surface area contributed by atoms with Crippen LogP contribution in [0.15, 0.2) is 29.0 Å². The van der Waals surface area contributed by atoms with Gasteiger partial charge in [-0.25, -0.2) is 4.79 Å². The number of hydrogen-bond donors (Lipinski definition) is 3. The lowest BCUT2D eigenvalue weighted by Gasteiger charge is -2.19. The Kier molecular flexibility index (Phi) is 5.73. The van der Waals surface area contributed by atoms with Gasteiger partial charge >= 0.3 is 6.09 Å². The molecule has 2 rings (SSSR count). The number of carbonyl (C=O) groups excluding carboxylic acids is 1. The molecule has 8 heteroatoms. The SMILES string of the molecule is CC(C)(C)OC(=O)Nc1[nH]ncc1CNCc1ccc(Br)cn1. The molecule has 124 valence electrons. The molecule has 23 heavy (non-hydrogen) atoms. The number of aromatic nitrogens is 3. The number of hydrogen-bond acceptors (Lipinski definition) is 5. The lowest BCUT2D eigenvalue weighted by atomic mass is 10.2. The van der Waals surface area contributed by atoms with Crippen LogP contribution in [0.3, 0.4) is 0 Å². The Hall–Kier alpha value is -1.93. The molecule has 2 heterocycles. The molecule has 1 amide bonds. The largest absolute Gasteiger partial charge is 0.444 e. The minimum Gasteiger partial charge on any atom is -0.444 e. The standard InChI is InChI=1S/C15H20BrN5O2/c1-15(2,3)23-14(22)20-13-10(7-19-21-13)6-17-9-12-5-4-11(16)8-18-12/h4-5,7-8,17H,6,9H2,1-3H3,(H2,19,20,21,22). The van der Waals surface area contributed by atoms with Gasteiger partial charge in [-0.2, -0.15) is 5.10 Å². The van der Waals surface area contributed by atoms with E-state index in [9.17, 15) is 4.79 Å². The Balaban J connectivity index is 1.86. The number of ether oxygens (including phenoxy) is 1. The van der Waals surface area contributed by atoms with Crippen molar-refractivity contribution < 1.29 is 9.53 Å². The minimum absolute atomic E-state index is 0.516. The van der Waals surface area contributed by atoms with Gasteiger partial charge in [-0.05, 0) is 48.8 Å². The minimum atomic E-state index is -0.546. The lowest BCUT2D eigenvalue weighted by molar-refractivity contribution is 0.0635. The number of pyridine rings is 1. The molecule has 2 aromatic heterocycles. The molecule has 0 bridgehead atoms. The average Bonchev–Trinajstić information content (AvgIpc) is 2.86. The van der Waals surface area contributed by atoms with Crippen molar-refractivity contribution in [2.45, 2.75) is 39.5 Å². The van der Waals surface area contributed by atoms with Crippen LogP contribution in [0.25, 0.3) is 0 Å². The average molecular weight is 382 g/mol. The van der Waals surface area contributed by atoms with E-state index in [1.54, 1.807) is 12.4 Å². The van der Waals surface area contributed by atoms with Crippen LogP contribution in [0, 0.1) is 0 Å². The summed E-state index contributed by atoms with van der Waals surface area (Å²) in [4.78, 5) is 16.1. The number of nitrogens with one attached hydrogen (secondary N) is 3. The predicted molar refractivity (Wildman–Crippen MR) is 90.9 cm³/mol. The van der Waals surface area contributed by atoms with Crippen molar-refractivity contribution >= 4 is 27.8 Å². The summed E-state index contributed by atoms with van der Waals surface area (Å²) < 4.78 is 6.16. The fraction of sp³-hybridized carbons (Fsp3) is 0.400. The molecule has 0 atom stereocenters. The van der Waals surface area contributed by atoms with E-state index in [-0.39, 0.29) is 0 Å². The van der Waals surface area contributed by atoms with Crippen molar-refractivity contribution in [2.75, 3.05) is 5.32 Å².